The van der Waals surface area contributed by atoms with Crippen molar-refractivity contribution in [3.63, 3.8) is 0 Å². The number of benzene rings is 1. The number of hydrogen-bond donors (Lipinski definition) is 0. The summed E-state index contributed by atoms with van der Waals surface area (Å²) in [5.74, 6) is 1.83. The molecule has 1 aliphatic rings. The first kappa shape index (κ1) is 20.8. The molecule has 2 aromatic rings. The van der Waals surface area contributed by atoms with E-state index in [1.54, 1.807) is 30.3 Å². The standard InChI is InChI=1S/C21H28N2O4S/c1-16(24)9-10-21(28(25,26)19-7-5-4-6-8-19)23-12-11-20-17(14-23)13-18(27-20)15-22(2)3/h4-8,13,21H,9-12,14-15H2,1-3H3. The number of Topliss-reactive ketones (excluding diaryl/α,β-unsaturated/α-hetero) is 1. The summed E-state index contributed by atoms with van der Waals surface area (Å²) in [4.78, 5) is 15.9. The fourth-order valence-electron chi connectivity index (χ4n) is 3.68. The maximum atomic E-state index is 13.3. The van der Waals surface area contributed by atoms with Crippen LogP contribution in [0.2, 0.25) is 0 Å². The molecule has 1 aromatic carbocycles. The van der Waals surface area contributed by atoms with Crippen LogP contribution in [0.4, 0.5) is 0 Å². The third kappa shape index (κ3) is 4.71. The lowest BCUT2D eigenvalue weighted by Crippen LogP contribution is -2.44. The Morgan fingerprint density at radius 3 is 2.61 bits per heavy atom. The molecule has 1 aliphatic heterocycles. The Morgan fingerprint density at radius 2 is 1.96 bits per heavy atom. The van der Waals surface area contributed by atoms with Crippen LogP contribution in [0.5, 0.6) is 0 Å². The van der Waals surface area contributed by atoms with Crippen LogP contribution in [0, 0.1) is 0 Å². The molecule has 2 heterocycles. The van der Waals surface area contributed by atoms with Gasteiger partial charge in [0, 0.05) is 31.5 Å². The SMILES string of the molecule is CC(=O)CCC(N1CCc2oc(CN(C)C)cc2C1)S(=O)(=O)c1ccccc1. The molecule has 1 atom stereocenters. The van der Waals surface area contributed by atoms with Crippen LogP contribution in [-0.2, 0) is 34.1 Å². The molecule has 152 valence electrons. The lowest BCUT2D eigenvalue weighted by atomic mass is 10.1. The normalized spacial score (nSPS) is 16.1. The van der Waals surface area contributed by atoms with E-state index in [4.69, 9.17) is 4.42 Å². The molecular formula is C21H28N2O4S. The Hall–Kier alpha value is -1.96. The molecule has 0 saturated heterocycles. The van der Waals surface area contributed by atoms with Crippen molar-refractivity contribution in [3.05, 3.63) is 53.5 Å². The van der Waals surface area contributed by atoms with Gasteiger partial charge in [-0.15, -0.1) is 0 Å². The highest BCUT2D eigenvalue weighted by Gasteiger charge is 2.35. The zero-order chi connectivity index (χ0) is 20.3. The van der Waals surface area contributed by atoms with E-state index in [0.29, 0.717) is 37.4 Å². The Labute approximate surface area is 167 Å². The highest BCUT2D eigenvalue weighted by Crippen LogP contribution is 2.30. The summed E-state index contributed by atoms with van der Waals surface area (Å²) in [7, 11) is 0.392. The second kappa shape index (κ2) is 8.59. The Morgan fingerprint density at radius 1 is 1.25 bits per heavy atom. The number of rotatable bonds is 8. The number of sulfone groups is 1. The summed E-state index contributed by atoms with van der Waals surface area (Å²) in [6.45, 7) is 3.32. The van der Waals surface area contributed by atoms with E-state index in [2.05, 4.69) is 0 Å². The molecule has 6 nitrogen and oxygen atoms in total. The molecule has 0 saturated carbocycles. The third-order valence-electron chi connectivity index (χ3n) is 5.00. The average molecular weight is 405 g/mol. The summed E-state index contributed by atoms with van der Waals surface area (Å²) in [6.07, 6.45) is 1.21. The minimum absolute atomic E-state index is 0.00235. The average Bonchev–Trinajstić information content (AvgIpc) is 3.03. The van der Waals surface area contributed by atoms with Gasteiger partial charge in [0.25, 0.3) is 0 Å². The molecule has 0 N–H and O–H groups in total. The molecule has 0 bridgehead atoms. The van der Waals surface area contributed by atoms with Crippen molar-refractivity contribution >= 4 is 15.6 Å². The molecule has 7 heteroatoms. The smallest absolute Gasteiger partial charge is 0.194 e. The van der Waals surface area contributed by atoms with E-state index in [9.17, 15) is 13.2 Å². The minimum atomic E-state index is -3.58. The molecule has 1 aromatic heterocycles. The monoisotopic (exact) mass is 404 g/mol. The summed E-state index contributed by atoms with van der Waals surface area (Å²) in [6, 6.07) is 10.5. The summed E-state index contributed by atoms with van der Waals surface area (Å²) in [5, 5.41) is -0.723. The second-order valence-electron chi connectivity index (χ2n) is 7.67. The molecular weight excluding hydrogens is 376 g/mol. The highest BCUT2D eigenvalue weighted by atomic mass is 32.2. The first-order valence-electron chi connectivity index (χ1n) is 9.55. The van der Waals surface area contributed by atoms with Gasteiger partial charge in [-0.1, -0.05) is 18.2 Å². The molecule has 1 unspecified atom stereocenters. The maximum absolute atomic E-state index is 13.3. The second-order valence-corrected chi connectivity index (χ2v) is 9.78. The highest BCUT2D eigenvalue weighted by molar-refractivity contribution is 7.92. The third-order valence-corrected chi connectivity index (χ3v) is 7.18. The quantitative estimate of drug-likeness (QED) is 0.674. The van der Waals surface area contributed by atoms with E-state index in [1.807, 2.05) is 30.0 Å². The number of fused-ring (bicyclic) bond motifs is 1. The first-order valence-corrected chi connectivity index (χ1v) is 11.1. The molecule has 0 amide bonds. The Bertz CT molecular complexity index is 919. The largest absolute Gasteiger partial charge is 0.464 e. The van der Waals surface area contributed by atoms with Crippen molar-refractivity contribution in [1.29, 1.82) is 0 Å². The Kier molecular flexibility index (Phi) is 6.37. The van der Waals surface area contributed by atoms with Crippen LogP contribution in [0.3, 0.4) is 0 Å². The molecule has 3 rings (SSSR count). The lowest BCUT2D eigenvalue weighted by molar-refractivity contribution is -0.117. The first-order chi connectivity index (χ1) is 13.3. The van der Waals surface area contributed by atoms with Gasteiger partial charge in [-0.25, -0.2) is 8.42 Å². The molecule has 0 aliphatic carbocycles. The number of ketones is 1. The van der Waals surface area contributed by atoms with Gasteiger partial charge in [0.1, 0.15) is 22.7 Å². The van der Waals surface area contributed by atoms with Crippen LogP contribution in [0.25, 0.3) is 0 Å². The van der Waals surface area contributed by atoms with Gasteiger partial charge in [-0.3, -0.25) is 4.90 Å². The van der Waals surface area contributed by atoms with E-state index in [1.165, 1.54) is 6.92 Å². The number of furan rings is 1. The fourth-order valence-corrected chi connectivity index (χ4v) is 5.53. The van der Waals surface area contributed by atoms with E-state index in [-0.39, 0.29) is 12.2 Å². The predicted octanol–water partition coefficient (Wildman–Crippen LogP) is 2.87. The maximum Gasteiger partial charge on any atom is 0.194 e. The minimum Gasteiger partial charge on any atom is -0.464 e. The fraction of sp³-hybridized carbons (Fsp3) is 0.476. The van der Waals surface area contributed by atoms with Crippen LogP contribution >= 0.6 is 0 Å². The van der Waals surface area contributed by atoms with Crippen LogP contribution < -0.4 is 0 Å². The zero-order valence-corrected chi connectivity index (χ0v) is 17.5. The Balaban J connectivity index is 1.87. The molecule has 0 radical (unpaired) electrons. The molecule has 0 fully saturated rings. The summed E-state index contributed by atoms with van der Waals surface area (Å²) >= 11 is 0. The van der Waals surface area contributed by atoms with Gasteiger partial charge >= 0.3 is 0 Å². The number of carbonyl (C=O) groups is 1. The van der Waals surface area contributed by atoms with Gasteiger partial charge < -0.3 is 14.1 Å². The van der Waals surface area contributed by atoms with Gasteiger partial charge in [-0.2, -0.15) is 0 Å². The topological polar surface area (TPSA) is 70.8 Å². The van der Waals surface area contributed by atoms with Gasteiger partial charge in [0.05, 0.1) is 11.4 Å². The predicted molar refractivity (Wildman–Crippen MR) is 108 cm³/mol. The lowest BCUT2D eigenvalue weighted by Gasteiger charge is -2.33. The summed E-state index contributed by atoms with van der Waals surface area (Å²) in [5.41, 5.74) is 1.04. The van der Waals surface area contributed by atoms with Crippen LogP contribution in [0.15, 0.2) is 45.7 Å². The van der Waals surface area contributed by atoms with E-state index >= 15 is 0 Å². The zero-order valence-electron chi connectivity index (χ0n) is 16.7. The van der Waals surface area contributed by atoms with Gasteiger partial charge in [-0.05, 0) is 45.6 Å². The molecule has 28 heavy (non-hydrogen) atoms. The molecule has 0 spiro atoms. The van der Waals surface area contributed by atoms with Crippen molar-refractivity contribution in [2.75, 3.05) is 20.6 Å². The van der Waals surface area contributed by atoms with Gasteiger partial charge in [0.2, 0.25) is 0 Å². The van der Waals surface area contributed by atoms with E-state index < -0.39 is 15.2 Å². The number of carbonyl (C=O) groups excluding carboxylic acids is 1. The van der Waals surface area contributed by atoms with Crippen molar-refractivity contribution < 1.29 is 17.6 Å². The summed E-state index contributed by atoms with van der Waals surface area (Å²) < 4.78 is 32.6. The van der Waals surface area contributed by atoms with Crippen molar-refractivity contribution in [2.24, 2.45) is 0 Å². The van der Waals surface area contributed by atoms with Gasteiger partial charge in [0.15, 0.2) is 9.84 Å². The van der Waals surface area contributed by atoms with E-state index in [0.717, 1.165) is 17.1 Å². The number of hydrogen-bond acceptors (Lipinski definition) is 6. The van der Waals surface area contributed by atoms with Crippen molar-refractivity contribution in [2.45, 2.75) is 49.5 Å². The van der Waals surface area contributed by atoms with Crippen LogP contribution in [0.1, 0.15) is 36.8 Å². The number of nitrogens with zero attached hydrogens (tertiary/aromatic N) is 2. The van der Waals surface area contributed by atoms with Crippen LogP contribution in [-0.4, -0.2) is 50.0 Å². The van der Waals surface area contributed by atoms with Crippen molar-refractivity contribution in [3.8, 4) is 0 Å². The van der Waals surface area contributed by atoms with Crippen molar-refractivity contribution in [1.82, 2.24) is 9.80 Å².